The predicted molar refractivity (Wildman–Crippen MR) is 88.5 cm³/mol. The second kappa shape index (κ2) is 7.80. The van der Waals surface area contributed by atoms with E-state index in [4.69, 9.17) is 9.94 Å². The number of allylic oxidation sites excluding steroid dienone is 1. The maximum absolute atomic E-state index is 12.6. The summed E-state index contributed by atoms with van der Waals surface area (Å²) in [7, 11) is 2.66. The van der Waals surface area contributed by atoms with Crippen LogP contribution < -0.4 is 10.8 Å². The van der Waals surface area contributed by atoms with Gasteiger partial charge in [-0.25, -0.2) is 5.48 Å². The van der Waals surface area contributed by atoms with Crippen molar-refractivity contribution in [1.29, 1.82) is 0 Å². The van der Waals surface area contributed by atoms with E-state index in [1.54, 1.807) is 24.3 Å². The highest BCUT2D eigenvalue weighted by Gasteiger charge is 2.33. The van der Waals surface area contributed by atoms with Crippen LogP contribution in [0.1, 0.15) is 35.4 Å². The van der Waals surface area contributed by atoms with Crippen molar-refractivity contribution in [2.45, 2.75) is 25.5 Å². The Hall–Kier alpha value is -2.87. The number of likely N-dealkylation sites (N-methyl/N-ethyl adjacent to an activating group) is 2. The summed E-state index contributed by atoms with van der Waals surface area (Å²) in [5.74, 6) is -1.36. The van der Waals surface area contributed by atoms with Crippen molar-refractivity contribution in [3.8, 4) is 0 Å². The van der Waals surface area contributed by atoms with E-state index in [2.05, 4.69) is 5.32 Å². The minimum atomic E-state index is -1.48. The summed E-state index contributed by atoms with van der Waals surface area (Å²) >= 11 is 0. The fourth-order valence-corrected chi connectivity index (χ4v) is 2.63. The van der Waals surface area contributed by atoms with E-state index in [0.717, 1.165) is 22.6 Å². The molecule has 1 aromatic carbocycles. The molecule has 0 aromatic heterocycles. The third-order valence-electron chi connectivity index (χ3n) is 4.04. The summed E-state index contributed by atoms with van der Waals surface area (Å²) in [6, 6.07) is 5.30. The third-order valence-corrected chi connectivity index (χ3v) is 4.04. The zero-order valence-electron chi connectivity index (χ0n) is 14.3. The van der Waals surface area contributed by atoms with Crippen LogP contribution in [0.3, 0.4) is 0 Å². The number of nitrogens with zero attached hydrogens (tertiary/aromatic N) is 1. The van der Waals surface area contributed by atoms with Crippen molar-refractivity contribution in [1.82, 2.24) is 15.7 Å². The van der Waals surface area contributed by atoms with Crippen LogP contribution in [0.4, 0.5) is 0 Å². The van der Waals surface area contributed by atoms with E-state index in [9.17, 15) is 14.4 Å². The first kappa shape index (κ1) is 18.5. The first-order chi connectivity index (χ1) is 11.9. The Kier molecular flexibility index (Phi) is 5.76. The second-order valence-corrected chi connectivity index (χ2v) is 5.69. The van der Waals surface area contributed by atoms with E-state index >= 15 is 0 Å². The van der Waals surface area contributed by atoms with Crippen LogP contribution in [0.25, 0.3) is 0 Å². The number of carbonyl (C=O) groups excluding carboxylic acids is 3. The van der Waals surface area contributed by atoms with Crippen LogP contribution >= 0.6 is 0 Å². The summed E-state index contributed by atoms with van der Waals surface area (Å²) in [4.78, 5) is 37.1. The van der Waals surface area contributed by atoms with Gasteiger partial charge in [-0.05, 0) is 30.7 Å². The first-order valence-corrected chi connectivity index (χ1v) is 7.75. The van der Waals surface area contributed by atoms with Crippen molar-refractivity contribution in [3.63, 3.8) is 0 Å². The normalized spacial score (nSPS) is 17.1. The van der Waals surface area contributed by atoms with Crippen molar-refractivity contribution in [2.24, 2.45) is 0 Å². The summed E-state index contributed by atoms with van der Waals surface area (Å²) in [5, 5.41) is 11.1. The number of ether oxygens (including phenoxy) is 1. The van der Waals surface area contributed by atoms with Crippen LogP contribution in [0.2, 0.25) is 0 Å². The maximum atomic E-state index is 12.6. The monoisotopic (exact) mass is 347 g/mol. The Balaban J connectivity index is 2.15. The molecule has 2 rings (SSSR count). The molecular weight excluding hydrogens is 326 g/mol. The van der Waals surface area contributed by atoms with Gasteiger partial charge in [-0.2, -0.15) is 0 Å². The molecule has 8 heteroatoms. The van der Waals surface area contributed by atoms with Gasteiger partial charge in [0.25, 0.3) is 17.7 Å². The Bertz CT molecular complexity index is 683. The summed E-state index contributed by atoms with van der Waals surface area (Å²) in [6.07, 6.45) is 2.70. The highest BCUT2D eigenvalue weighted by atomic mass is 16.5. The summed E-state index contributed by atoms with van der Waals surface area (Å²) < 4.78 is 5.66. The number of carbonyl (C=O) groups is 3. The van der Waals surface area contributed by atoms with Gasteiger partial charge in [-0.1, -0.05) is 12.1 Å². The molecular formula is C17H21N3O5. The molecule has 0 aliphatic carbocycles. The number of hydrogen-bond acceptors (Lipinski definition) is 5. The number of nitrogens with one attached hydrogen (secondary N) is 2. The van der Waals surface area contributed by atoms with Crippen LogP contribution in [-0.2, 0) is 14.3 Å². The predicted octanol–water partition coefficient (Wildman–Crippen LogP) is 0.744. The molecule has 8 nitrogen and oxygen atoms in total. The lowest BCUT2D eigenvalue weighted by Crippen LogP contribution is -2.54. The van der Waals surface area contributed by atoms with Gasteiger partial charge in [0.2, 0.25) is 0 Å². The quantitative estimate of drug-likeness (QED) is 0.414. The van der Waals surface area contributed by atoms with E-state index in [0.29, 0.717) is 5.56 Å². The lowest BCUT2D eigenvalue weighted by Gasteiger charge is -2.25. The molecule has 0 fully saturated rings. The minimum absolute atomic E-state index is 0.0688. The Morgan fingerprint density at radius 3 is 2.36 bits per heavy atom. The number of amides is 3. The number of hydroxylamine groups is 1. The average molecular weight is 347 g/mol. The fourth-order valence-electron chi connectivity index (χ4n) is 2.63. The Labute approximate surface area is 145 Å². The SMILES string of the molecule is CNC(=O)C(C(=O)NO)N(C)C(=O)c1ccc(C2CC=C(C)O2)cc1. The molecule has 0 bridgehead atoms. The molecule has 2 unspecified atom stereocenters. The lowest BCUT2D eigenvalue weighted by atomic mass is 10.0. The second-order valence-electron chi connectivity index (χ2n) is 5.69. The molecule has 1 aliphatic heterocycles. The third kappa shape index (κ3) is 3.97. The van der Waals surface area contributed by atoms with Crippen molar-refractivity contribution >= 4 is 17.7 Å². The Morgan fingerprint density at radius 1 is 1.24 bits per heavy atom. The van der Waals surface area contributed by atoms with Crippen LogP contribution in [0.5, 0.6) is 0 Å². The van der Waals surface area contributed by atoms with Gasteiger partial charge in [0.15, 0.2) is 6.04 Å². The van der Waals surface area contributed by atoms with Gasteiger partial charge in [-0.15, -0.1) is 0 Å². The molecule has 3 N–H and O–H groups in total. The van der Waals surface area contributed by atoms with E-state index in [1.165, 1.54) is 19.6 Å². The summed E-state index contributed by atoms with van der Waals surface area (Å²) in [5.41, 5.74) is 2.65. The van der Waals surface area contributed by atoms with Crippen molar-refractivity contribution in [3.05, 3.63) is 47.2 Å². The van der Waals surface area contributed by atoms with Gasteiger partial charge < -0.3 is 15.0 Å². The van der Waals surface area contributed by atoms with Crippen LogP contribution in [-0.4, -0.2) is 48.0 Å². The van der Waals surface area contributed by atoms with Crippen molar-refractivity contribution < 1.29 is 24.3 Å². The van der Waals surface area contributed by atoms with Crippen LogP contribution in [0.15, 0.2) is 36.1 Å². The van der Waals surface area contributed by atoms with E-state index in [-0.39, 0.29) is 6.10 Å². The standard InChI is InChI=1S/C17H21N3O5/c1-10-4-9-13(25-10)11-5-7-12(8-6-11)17(23)20(3)14(15(21)18-2)16(22)19-24/h4-8,13-14,24H,9H2,1-3H3,(H,18,21)(H,19,22). The van der Waals surface area contributed by atoms with Gasteiger partial charge in [0.05, 0.1) is 5.76 Å². The first-order valence-electron chi connectivity index (χ1n) is 7.75. The zero-order valence-corrected chi connectivity index (χ0v) is 14.3. The fraction of sp³-hybridized carbons (Fsp3) is 0.353. The zero-order chi connectivity index (χ0) is 18.6. The molecule has 1 heterocycles. The average Bonchev–Trinajstić information content (AvgIpc) is 3.07. The molecule has 1 aromatic rings. The van der Waals surface area contributed by atoms with Crippen LogP contribution in [0, 0.1) is 0 Å². The molecule has 1 aliphatic rings. The smallest absolute Gasteiger partial charge is 0.275 e. The molecule has 25 heavy (non-hydrogen) atoms. The van der Waals surface area contributed by atoms with Gasteiger partial charge >= 0.3 is 0 Å². The number of hydrogen-bond donors (Lipinski definition) is 3. The number of benzene rings is 1. The highest BCUT2D eigenvalue weighted by molar-refractivity contribution is 6.08. The minimum Gasteiger partial charge on any atom is -0.490 e. The van der Waals surface area contributed by atoms with E-state index in [1.807, 2.05) is 13.0 Å². The van der Waals surface area contributed by atoms with Gasteiger partial charge in [0, 0.05) is 26.1 Å². The van der Waals surface area contributed by atoms with Gasteiger partial charge in [0.1, 0.15) is 6.10 Å². The van der Waals surface area contributed by atoms with Gasteiger partial charge in [-0.3, -0.25) is 19.6 Å². The molecule has 2 atom stereocenters. The van der Waals surface area contributed by atoms with E-state index < -0.39 is 23.8 Å². The lowest BCUT2D eigenvalue weighted by molar-refractivity contribution is -0.140. The molecule has 0 saturated heterocycles. The molecule has 3 amide bonds. The number of rotatable bonds is 5. The molecule has 134 valence electrons. The molecule has 0 saturated carbocycles. The maximum Gasteiger partial charge on any atom is 0.275 e. The summed E-state index contributed by atoms with van der Waals surface area (Å²) in [6.45, 7) is 1.89. The highest BCUT2D eigenvalue weighted by Crippen LogP contribution is 2.30. The molecule has 0 spiro atoms. The Morgan fingerprint density at radius 2 is 1.88 bits per heavy atom. The topological polar surface area (TPSA) is 108 Å². The molecule has 0 radical (unpaired) electrons. The van der Waals surface area contributed by atoms with Crippen molar-refractivity contribution in [2.75, 3.05) is 14.1 Å². The largest absolute Gasteiger partial charge is 0.490 e.